The van der Waals surface area contributed by atoms with Crippen molar-refractivity contribution in [2.24, 2.45) is 0 Å². The lowest BCUT2D eigenvalue weighted by Crippen LogP contribution is -2.26. The summed E-state index contributed by atoms with van der Waals surface area (Å²) in [6.45, 7) is 18.9. The number of hydrogen-bond donors (Lipinski definition) is 0. The second kappa shape index (κ2) is 30.1. The van der Waals surface area contributed by atoms with Gasteiger partial charge in [-0.15, -0.1) is 0 Å². The summed E-state index contributed by atoms with van der Waals surface area (Å²) in [5.41, 5.74) is 30.7. The Bertz CT molecular complexity index is 3420. The van der Waals surface area contributed by atoms with Gasteiger partial charge in [0.2, 0.25) is 0 Å². The Morgan fingerprint density at radius 3 is 0.919 bits per heavy atom. The number of aromatic nitrogens is 1. The van der Waals surface area contributed by atoms with E-state index in [1.54, 1.807) is 22.3 Å². The molecule has 0 saturated heterocycles. The van der Waals surface area contributed by atoms with Gasteiger partial charge in [0.15, 0.2) is 0 Å². The van der Waals surface area contributed by atoms with E-state index in [4.69, 9.17) is 4.98 Å². The standard InChI is InChI=1S/C85H105N/c1-9-13-17-21-25-35-52-84(53-36-26-22-18-14-10-2)77-57-68(66-39-31-29-32-40-66)43-47-73(77)74-48-44-69(58-78(74)84)70-45-49-75-76-50-46-71(60-80(76)85(79(75)59-70,54-37-27-23-19-15-11-3)55-38-28-24-20-16-12-4)82-62(5)64(7)83(65(8)63(82)6)72-51-56-86-81(61-72)67-41-33-30-34-42-67/h29-34,39-51,56-61H,9-28,35-38,52-55H2,1-8H3. The molecule has 1 heteroatoms. The van der Waals surface area contributed by atoms with Gasteiger partial charge in [0, 0.05) is 22.6 Å². The van der Waals surface area contributed by atoms with Crippen LogP contribution in [0.15, 0.2) is 152 Å². The zero-order valence-corrected chi connectivity index (χ0v) is 54.7. The van der Waals surface area contributed by atoms with Gasteiger partial charge in [-0.25, -0.2) is 0 Å². The quantitative estimate of drug-likeness (QED) is 0.0374. The smallest absolute Gasteiger partial charge is 0.0708 e. The normalized spacial score (nSPS) is 13.4. The number of nitrogens with zero attached hydrogens (tertiary/aromatic N) is 1. The number of fused-ring (bicyclic) bond motifs is 6. The molecule has 0 aliphatic heterocycles. The largest absolute Gasteiger partial charge is 0.256 e. The highest BCUT2D eigenvalue weighted by molar-refractivity contribution is 5.91. The van der Waals surface area contributed by atoms with Crippen LogP contribution in [0.2, 0.25) is 0 Å². The molecule has 0 bridgehead atoms. The van der Waals surface area contributed by atoms with E-state index < -0.39 is 0 Å². The summed E-state index contributed by atoms with van der Waals surface area (Å²) in [6, 6.07) is 57.3. The highest BCUT2D eigenvalue weighted by Crippen LogP contribution is 2.59. The first kappa shape index (κ1) is 62.7. The zero-order valence-electron chi connectivity index (χ0n) is 54.7. The fourth-order valence-corrected chi connectivity index (χ4v) is 16.0. The van der Waals surface area contributed by atoms with E-state index >= 15 is 0 Å². The van der Waals surface area contributed by atoms with Gasteiger partial charge < -0.3 is 0 Å². The van der Waals surface area contributed by atoms with E-state index in [1.165, 1.54) is 269 Å². The number of hydrogen-bond acceptors (Lipinski definition) is 1. The van der Waals surface area contributed by atoms with Crippen LogP contribution in [-0.4, -0.2) is 4.98 Å². The molecular formula is C85H105N. The Morgan fingerprint density at radius 1 is 0.267 bits per heavy atom. The number of benzene rings is 7. The molecule has 0 amide bonds. The third-order valence-electron chi connectivity index (χ3n) is 21.0. The molecule has 1 aromatic heterocycles. The van der Waals surface area contributed by atoms with Crippen molar-refractivity contribution >= 4 is 0 Å². The van der Waals surface area contributed by atoms with Gasteiger partial charge in [0.1, 0.15) is 0 Å². The Balaban J connectivity index is 1.09. The van der Waals surface area contributed by atoms with Crippen LogP contribution in [0.5, 0.6) is 0 Å². The van der Waals surface area contributed by atoms with Gasteiger partial charge in [-0.05, 0) is 201 Å². The first-order valence-corrected chi connectivity index (χ1v) is 34.9. The lowest BCUT2D eigenvalue weighted by molar-refractivity contribution is 0.397. The molecule has 1 nitrogen and oxygen atoms in total. The predicted octanol–water partition coefficient (Wildman–Crippen LogP) is 26.2. The maximum atomic E-state index is 4.85. The van der Waals surface area contributed by atoms with Crippen molar-refractivity contribution in [1.82, 2.24) is 4.98 Å². The number of pyridine rings is 1. The predicted molar refractivity (Wildman–Crippen MR) is 375 cm³/mol. The molecule has 0 spiro atoms. The Hall–Kier alpha value is -6.31. The summed E-state index contributed by atoms with van der Waals surface area (Å²) < 4.78 is 0. The molecule has 2 aliphatic rings. The van der Waals surface area contributed by atoms with Gasteiger partial charge in [-0.3, -0.25) is 4.98 Å². The highest BCUT2D eigenvalue weighted by Gasteiger charge is 2.45. The van der Waals surface area contributed by atoms with E-state index in [9.17, 15) is 0 Å². The molecule has 0 radical (unpaired) electrons. The van der Waals surface area contributed by atoms with E-state index in [0.29, 0.717) is 0 Å². The first-order valence-electron chi connectivity index (χ1n) is 34.9. The maximum absolute atomic E-state index is 4.85. The van der Waals surface area contributed by atoms with Gasteiger partial charge in [-0.1, -0.05) is 291 Å². The molecule has 7 aromatic carbocycles. The molecule has 0 saturated carbocycles. The minimum atomic E-state index is -0.0664. The fourth-order valence-electron chi connectivity index (χ4n) is 16.0. The lowest BCUT2D eigenvalue weighted by atomic mass is 9.69. The average molecular weight is 1140 g/mol. The third kappa shape index (κ3) is 13.5. The molecule has 2 aliphatic carbocycles. The molecule has 8 aromatic rings. The van der Waals surface area contributed by atoms with Crippen LogP contribution in [0.1, 0.15) is 252 Å². The van der Waals surface area contributed by atoms with Crippen LogP contribution in [0.4, 0.5) is 0 Å². The summed E-state index contributed by atoms with van der Waals surface area (Å²) in [4.78, 5) is 4.85. The van der Waals surface area contributed by atoms with Crippen LogP contribution < -0.4 is 0 Å². The molecule has 0 fully saturated rings. The van der Waals surface area contributed by atoms with Gasteiger partial charge in [0.25, 0.3) is 0 Å². The summed E-state index contributed by atoms with van der Waals surface area (Å²) in [7, 11) is 0. The van der Waals surface area contributed by atoms with Crippen LogP contribution in [0.25, 0.3) is 78.0 Å². The highest BCUT2D eigenvalue weighted by atomic mass is 14.7. The number of unbranched alkanes of at least 4 members (excludes halogenated alkanes) is 20. The molecule has 1 heterocycles. The Kier molecular flexibility index (Phi) is 21.9. The van der Waals surface area contributed by atoms with E-state index in [0.717, 1.165) is 11.3 Å². The summed E-state index contributed by atoms with van der Waals surface area (Å²) in [5, 5.41) is 0. The van der Waals surface area contributed by atoms with Crippen LogP contribution in [0.3, 0.4) is 0 Å². The summed E-state index contributed by atoms with van der Waals surface area (Å²) in [5.74, 6) is 0. The van der Waals surface area contributed by atoms with Crippen LogP contribution in [-0.2, 0) is 10.8 Å². The topological polar surface area (TPSA) is 12.9 Å². The molecule has 0 unspecified atom stereocenters. The van der Waals surface area contributed by atoms with Crippen molar-refractivity contribution in [2.45, 2.75) is 246 Å². The van der Waals surface area contributed by atoms with Crippen molar-refractivity contribution < 1.29 is 0 Å². The summed E-state index contributed by atoms with van der Waals surface area (Å²) >= 11 is 0. The first-order chi connectivity index (χ1) is 42.2. The van der Waals surface area contributed by atoms with Gasteiger partial charge in [0.05, 0.1) is 5.69 Å². The average Bonchev–Trinajstić information content (AvgIpc) is 1.66. The van der Waals surface area contributed by atoms with Crippen molar-refractivity contribution in [3.8, 4) is 78.0 Å². The van der Waals surface area contributed by atoms with Crippen LogP contribution in [0, 0.1) is 27.7 Å². The molecule has 450 valence electrons. The minimum Gasteiger partial charge on any atom is -0.256 e. The Labute approximate surface area is 522 Å². The van der Waals surface area contributed by atoms with Crippen molar-refractivity contribution in [3.05, 3.63) is 196 Å². The Morgan fingerprint density at radius 2 is 0.558 bits per heavy atom. The van der Waals surface area contributed by atoms with E-state index in [1.807, 2.05) is 6.20 Å². The van der Waals surface area contributed by atoms with E-state index in [2.05, 4.69) is 201 Å². The van der Waals surface area contributed by atoms with Crippen molar-refractivity contribution in [3.63, 3.8) is 0 Å². The maximum Gasteiger partial charge on any atom is 0.0708 e. The van der Waals surface area contributed by atoms with Crippen molar-refractivity contribution in [2.75, 3.05) is 0 Å². The SMILES string of the molecule is CCCCCCCCC1(CCCCCCCC)c2cc(-c3ccccc3)ccc2-c2ccc(-c3ccc4c(c3)C(CCCCCCCC)(CCCCCCCC)c3cc(-c5c(C)c(C)c(-c6ccnc(-c7ccccc7)c6)c(C)c5C)ccc3-4)cc21. The molecule has 86 heavy (non-hydrogen) atoms. The van der Waals surface area contributed by atoms with E-state index in [-0.39, 0.29) is 10.8 Å². The summed E-state index contributed by atoms with van der Waals surface area (Å²) in [6.07, 6.45) is 38.4. The van der Waals surface area contributed by atoms with Crippen LogP contribution >= 0.6 is 0 Å². The monoisotopic (exact) mass is 1140 g/mol. The fraction of sp³-hybridized carbons (Fsp3) is 0.447. The number of rotatable bonds is 33. The second-order valence-corrected chi connectivity index (χ2v) is 26.7. The van der Waals surface area contributed by atoms with Crippen molar-refractivity contribution in [1.29, 1.82) is 0 Å². The molecule has 10 rings (SSSR count). The van der Waals surface area contributed by atoms with Gasteiger partial charge >= 0.3 is 0 Å². The minimum absolute atomic E-state index is 0.0156. The molecular weight excluding hydrogens is 1030 g/mol. The third-order valence-corrected chi connectivity index (χ3v) is 21.0. The van der Waals surface area contributed by atoms with Gasteiger partial charge in [-0.2, -0.15) is 0 Å². The second-order valence-electron chi connectivity index (χ2n) is 26.7. The molecule has 0 atom stereocenters. The molecule has 0 N–H and O–H groups in total. The lowest BCUT2D eigenvalue weighted by Gasteiger charge is -2.34. The zero-order chi connectivity index (χ0) is 59.9.